The molecule has 2 aromatic rings. The molecular formula is C19H25N3OS. The maximum atomic E-state index is 12.3. The van der Waals surface area contributed by atoms with Crippen LogP contribution in [0.3, 0.4) is 0 Å². The van der Waals surface area contributed by atoms with Crippen LogP contribution in [-0.4, -0.2) is 38.0 Å². The molecule has 5 heteroatoms. The molecule has 0 radical (unpaired) electrons. The van der Waals surface area contributed by atoms with Gasteiger partial charge in [-0.05, 0) is 48.1 Å². The number of amides is 1. The number of anilines is 1. The van der Waals surface area contributed by atoms with E-state index < -0.39 is 0 Å². The van der Waals surface area contributed by atoms with Crippen LogP contribution in [0.5, 0.6) is 0 Å². The molecule has 24 heavy (non-hydrogen) atoms. The first kappa shape index (κ1) is 17.0. The van der Waals surface area contributed by atoms with Crippen LogP contribution in [0.15, 0.2) is 35.7 Å². The number of fused-ring (bicyclic) bond motifs is 1. The highest BCUT2D eigenvalue weighted by atomic mass is 32.1. The third-order valence-corrected chi connectivity index (χ3v) is 5.69. The van der Waals surface area contributed by atoms with Gasteiger partial charge < -0.3 is 10.2 Å². The fraction of sp³-hybridized carbons (Fsp3) is 0.421. The fourth-order valence-electron chi connectivity index (χ4n) is 3.13. The van der Waals surface area contributed by atoms with Gasteiger partial charge in [0.25, 0.3) is 0 Å². The van der Waals surface area contributed by atoms with E-state index in [4.69, 9.17) is 0 Å². The smallest absolute Gasteiger partial charge is 0.234 e. The molecule has 4 nitrogen and oxygen atoms in total. The van der Waals surface area contributed by atoms with Crippen molar-refractivity contribution in [2.24, 2.45) is 0 Å². The molecule has 1 unspecified atom stereocenters. The molecule has 1 N–H and O–H groups in total. The number of thiophene rings is 1. The molecule has 2 heterocycles. The summed E-state index contributed by atoms with van der Waals surface area (Å²) in [5.41, 5.74) is 3.68. The standard InChI is InChI=1S/C19H25N3OS/c1-14-17-9-11-24-18(17)8-10-22(14)13-19(23)20-12-15-4-6-16(7-5-15)21(2)3/h4-7,9,11,14H,8,10,12-13H2,1-3H3,(H,20,23). The van der Waals surface area contributed by atoms with Gasteiger partial charge in [0.1, 0.15) is 0 Å². The molecule has 0 spiro atoms. The van der Waals surface area contributed by atoms with E-state index in [1.165, 1.54) is 16.1 Å². The van der Waals surface area contributed by atoms with Crippen molar-refractivity contribution < 1.29 is 4.79 Å². The Balaban J connectivity index is 1.51. The largest absolute Gasteiger partial charge is 0.378 e. The number of benzene rings is 1. The van der Waals surface area contributed by atoms with Crippen molar-refractivity contribution in [3.8, 4) is 0 Å². The first-order valence-electron chi connectivity index (χ1n) is 8.38. The number of carbonyl (C=O) groups excluding carboxylic acids is 1. The predicted octanol–water partition coefficient (Wildman–Crippen LogP) is 3.05. The summed E-state index contributed by atoms with van der Waals surface area (Å²) in [6, 6.07) is 10.8. The Morgan fingerprint density at radius 3 is 2.75 bits per heavy atom. The molecule has 1 aliphatic heterocycles. The lowest BCUT2D eigenvalue weighted by atomic mass is 10.0. The fourth-order valence-corrected chi connectivity index (χ4v) is 4.09. The molecule has 0 aliphatic carbocycles. The zero-order valence-corrected chi connectivity index (χ0v) is 15.4. The summed E-state index contributed by atoms with van der Waals surface area (Å²) in [5.74, 6) is 0.0946. The third kappa shape index (κ3) is 3.79. The molecule has 1 amide bonds. The van der Waals surface area contributed by atoms with Crippen LogP contribution < -0.4 is 10.2 Å². The molecule has 0 saturated heterocycles. The van der Waals surface area contributed by atoms with Crippen LogP contribution >= 0.6 is 11.3 Å². The molecule has 3 rings (SSSR count). The minimum Gasteiger partial charge on any atom is -0.378 e. The Kier molecular flexibility index (Phi) is 5.21. The van der Waals surface area contributed by atoms with Crippen molar-refractivity contribution >= 4 is 22.9 Å². The maximum Gasteiger partial charge on any atom is 0.234 e. The Bertz CT molecular complexity index is 693. The predicted molar refractivity (Wildman–Crippen MR) is 101 cm³/mol. The summed E-state index contributed by atoms with van der Waals surface area (Å²) in [6.07, 6.45) is 1.05. The average molecular weight is 343 g/mol. The monoisotopic (exact) mass is 343 g/mol. The zero-order valence-electron chi connectivity index (χ0n) is 14.6. The number of nitrogens with zero attached hydrogens (tertiary/aromatic N) is 2. The van der Waals surface area contributed by atoms with Crippen LogP contribution in [0.2, 0.25) is 0 Å². The summed E-state index contributed by atoms with van der Waals surface area (Å²) in [6.45, 7) is 4.20. The van der Waals surface area contributed by atoms with Gasteiger partial charge in [0.05, 0.1) is 6.54 Å². The van der Waals surface area contributed by atoms with E-state index in [1.54, 1.807) is 0 Å². The van der Waals surface area contributed by atoms with Gasteiger partial charge >= 0.3 is 0 Å². The molecule has 1 aromatic carbocycles. The van der Waals surface area contributed by atoms with E-state index in [-0.39, 0.29) is 5.91 Å². The second kappa shape index (κ2) is 7.36. The molecule has 0 saturated carbocycles. The lowest BCUT2D eigenvalue weighted by molar-refractivity contribution is -0.123. The molecule has 0 fully saturated rings. The van der Waals surface area contributed by atoms with Gasteiger partial charge in [0.2, 0.25) is 5.91 Å². The van der Waals surface area contributed by atoms with Crippen molar-refractivity contribution in [3.63, 3.8) is 0 Å². The first-order chi connectivity index (χ1) is 11.5. The van der Waals surface area contributed by atoms with E-state index in [0.717, 1.165) is 18.5 Å². The van der Waals surface area contributed by atoms with Gasteiger partial charge in [-0.25, -0.2) is 0 Å². The van der Waals surface area contributed by atoms with Crippen molar-refractivity contribution in [1.29, 1.82) is 0 Å². The Morgan fingerprint density at radius 2 is 2.04 bits per heavy atom. The topological polar surface area (TPSA) is 35.6 Å². The van der Waals surface area contributed by atoms with Crippen molar-refractivity contribution in [2.75, 3.05) is 32.1 Å². The van der Waals surface area contributed by atoms with Crippen LogP contribution in [0.1, 0.15) is 29.0 Å². The van der Waals surface area contributed by atoms with Crippen LogP contribution in [-0.2, 0) is 17.8 Å². The minimum atomic E-state index is 0.0946. The zero-order chi connectivity index (χ0) is 17.1. The summed E-state index contributed by atoms with van der Waals surface area (Å²) in [4.78, 5) is 18.1. The molecule has 0 bridgehead atoms. The maximum absolute atomic E-state index is 12.3. The van der Waals surface area contributed by atoms with Gasteiger partial charge in [0.15, 0.2) is 0 Å². The number of rotatable bonds is 5. The quantitative estimate of drug-likeness (QED) is 0.906. The van der Waals surface area contributed by atoms with E-state index in [0.29, 0.717) is 19.1 Å². The molecule has 1 aromatic heterocycles. The molecule has 1 atom stereocenters. The third-order valence-electron chi connectivity index (χ3n) is 4.69. The molecular weight excluding hydrogens is 318 g/mol. The lowest BCUT2D eigenvalue weighted by Crippen LogP contribution is -2.41. The Hall–Kier alpha value is -1.85. The van der Waals surface area contributed by atoms with Gasteiger partial charge in [-0.15, -0.1) is 11.3 Å². The number of nitrogens with one attached hydrogen (secondary N) is 1. The average Bonchev–Trinajstić information content (AvgIpc) is 3.05. The van der Waals surface area contributed by atoms with Crippen LogP contribution in [0.25, 0.3) is 0 Å². The number of hydrogen-bond acceptors (Lipinski definition) is 4. The van der Waals surface area contributed by atoms with Crippen LogP contribution in [0.4, 0.5) is 5.69 Å². The first-order valence-corrected chi connectivity index (χ1v) is 9.26. The Morgan fingerprint density at radius 1 is 1.29 bits per heavy atom. The van der Waals surface area contributed by atoms with E-state index in [2.05, 4.69) is 57.8 Å². The van der Waals surface area contributed by atoms with Gasteiger partial charge in [0, 0.05) is 43.8 Å². The summed E-state index contributed by atoms with van der Waals surface area (Å²) in [7, 11) is 4.05. The lowest BCUT2D eigenvalue weighted by Gasteiger charge is -2.32. The highest BCUT2D eigenvalue weighted by Gasteiger charge is 2.25. The summed E-state index contributed by atoms with van der Waals surface area (Å²) >= 11 is 1.83. The van der Waals surface area contributed by atoms with Gasteiger partial charge in [-0.2, -0.15) is 0 Å². The van der Waals surface area contributed by atoms with Crippen molar-refractivity contribution in [1.82, 2.24) is 10.2 Å². The molecule has 1 aliphatic rings. The highest BCUT2D eigenvalue weighted by molar-refractivity contribution is 7.10. The van der Waals surface area contributed by atoms with E-state index in [9.17, 15) is 4.79 Å². The second-order valence-corrected chi connectivity index (χ2v) is 7.53. The molecule has 128 valence electrons. The number of hydrogen-bond donors (Lipinski definition) is 1. The number of carbonyl (C=O) groups is 1. The second-order valence-electron chi connectivity index (χ2n) is 6.53. The summed E-state index contributed by atoms with van der Waals surface area (Å²) in [5, 5.41) is 5.20. The minimum absolute atomic E-state index is 0.0946. The van der Waals surface area contributed by atoms with Crippen molar-refractivity contribution in [2.45, 2.75) is 25.9 Å². The SMILES string of the molecule is CC1c2ccsc2CCN1CC(=O)NCc1ccc(N(C)C)cc1. The van der Waals surface area contributed by atoms with Crippen LogP contribution in [0, 0.1) is 0 Å². The van der Waals surface area contributed by atoms with E-state index >= 15 is 0 Å². The normalized spacial score (nSPS) is 17.4. The Labute approximate surface area is 148 Å². The summed E-state index contributed by atoms with van der Waals surface area (Å²) < 4.78 is 0. The van der Waals surface area contributed by atoms with Gasteiger partial charge in [-0.1, -0.05) is 12.1 Å². The highest BCUT2D eigenvalue weighted by Crippen LogP contribution is 2.32. The van der Waals surface area contributed by atoms with Gasteiger partial charge in [-0.3, -0.25) is 9.69 Å². The van der Waals surface area contributed by atoms with Crippen molar-refractivity contribution in [3.05, 3.63) is 51.7 Å². The van der Waals surface area contributed by atoms with E-state index in [1.807, 2.05) is 25.4 Å².